The second-order valence-electron chi connectivity index (χ2n) is 5.04. The molecular weight excluding hydrogens is 287 g/mol. The average molecular weight is 303 g/mol. The van der Waals surface area contributed by atoms with Crippen molar-refractivity contribution < 1.29 is 18.1 Å². The van der Waals surface area contributed by atoms with Crippen LogP contribution in [0.5, 0.6) is 0 Å². The van der Waals surface area contributed by atoms with Gasteiger partial charge < -0.3 is 10.6 Å². The van der Waals surface area contributed by atoms with Gasteiger partial charge in [-0.15, -0.1) is 0 Å². The second-order valence-corrected chi connectivity index (χ2v) is 5.04. The van der Waals surface area contributed by atoms with Gasteiger partial charge in [-0.2, -0.15) is 13.2 Å². The summed E-state index contributed by atoms with van der Waals surface area (Å²) in [6.07, 6.45) is -2.21. The summed E-state index contributed by atoms with van der Waals surface area (Å²) in [4.78, 5) is 11.5. The van der Waals surface area contributed by atoms with Crippen LogP contribution in [0.4, 0.5) is 24.5 Å². The van der Waals surface area contributed by atoms with Crippen LogP contribution < -0.4 is 10.6 Å². The lowest BCUT2D eigenvalue weighted by molar-refractivity contribution is -0.385. The third-order valence-corrected chi connectivity index (χ3v) is 3.70. The zero-order valence-electron chi connectivity index (χ0n) is 11.3. The summed E-state index contributed by atoms with van der Waals surface area (Å²) < 4.78 is 39.6. The first-order valence-electron chi connectivity index (χ1n) is 6.67. The summed E-state index contributed by atoms with van der Waals surface area (Å²) in [6, 6.07) is 2.71. The third-order valence-electron chi connectivity index (χ3n) is 3.70. The molecule has 1 atom stereocenters. The molecule has 0 aromatic heterocycles. The van der Waals surface area contributed by atoms with E-state index in [4.69, 9.17) is 5.73 Å². The van der Waals surface area contributed by atoms with Crippen LogP contribution in [0.3, 0.4) is 0 Å². The van der Waals surface area contributed by atoms with Crippen molar-refractivity contribution in [2.45, 2.75) is 31.5 Å². The highest BCUT2D eigenvalue weighted by molar-refractivity contribution is 5.60. The van der Waals surface area contributed by atoms with E-state index in [1.165, 1.54) is 6.07 Å². The van der Waals surface area contributed by atoms with E-state index >= 15 is 0 Å². The lowest BCUT2D eigenvalue weighted by Gasteiger charge is -2.38. The van der Waals surface area contributed by atoms with Crippen LogP contribution in [0, 0.1) is 10.1 Å². The van der Waals surface area contributed by atoms with Crippen molar-refractivity contribution in [3.63, 3.8) is 0 Å². The number of piperidine rings is 1. The van der Waals surface area contributed by atoms with E-state index in [2.05, 4.69) is 0 Å². The Morgan fingerprint density at radius 1 is 1.38 bits per heavy atom. The molecule has 21 heavy (non-hydrogen) atoms. The molecule has 1 fully saturated rings. The third kappa shape index (κ3) is 3.26. The van der Waals surface area contributed by atoms with Gasteiger partial charge in [0.05, 0.1) is 10.5 Å². The molecule has 2 N–H and O–H groups in total. The molecule has 0 spiro atoms. The molecule has 0 aliphatic carbocycles. The normalized spacial score (nSPS) is 19.6. The zero-order valence-corrected chi connectivity index (χ0v) is 11.3. The van der Waals surface area contributed by atoms with Gasteiger partial charge in [0, 0.05) is 37.0 Å². The lowest BCUT2D eigenvalue weighted by Crippen LogP contribution is -2.45. The maximum absolute atomic E-state index is 13.2. The minimum absolute atomic E-state index is 0.0248. The van der Waals surface area contributed by atoms with Gasteiger partial charge >= 0.3 is 6.18 Å². The standard InChI is InChI=1S/C13H16F3N3O2/c14-13(15,16)11-7-9(19(20)21)4-5-12(11)18-6-2-1-3-10(18)8-17/h4-5,7,10H,1-3,6,8,17H2. The number of alkyl halides is 3. The molecular formula is C13H16F3N3O2. The number of anilines is 1. The zero-order chi connectivity index (χ0) is 15.6. The molecule has 1 aromatic carbocycles. The van der Waals surface area contributed by atoms with E-state index in [-0.39, 0.29) is 18.3 Å². The summed E-state index contributed by atoms with van der Waals surface area (Å²) in [5, 5.41) is 10.7. The largest absolute Gasteiger partial charge is 0.418 e. The predicted molar refractivity (Wildman–Crippen MR) is 72.1 cm³/mol. The summed E-state index contributed by atoms with van der Waals surface area (Å²) in [5.74, 6) is 0. The van der Waals surface area contributed by atoms with E-state index in [0.29, 0.717) is 12.6 Å². The minimum atomic E-state index is -4.64. The van der Waals surface area contributed by atoms with Crippen molar-refractivity contribution in [3.8, 4) is 0 Å². The van der Waals surface area contributed by atoms with E-state index in [9.17, 15) is 23.3 Å². The quantitative estimate of drug-likeness (QED) is 0.688. The van der Waals surface area contributed by atoms with Crippen molar-refractivity contribution in [3.05, 3.63) is 33.9 Å². The van der Waals surface area contributed by atoms with Gasteiger partial charge in [-0.05, 0) is 25.3 Å². The Hall–Kier alpha value is -1.83. The molecule has 0 amide bonds. The summed E-state index contributed by atoms with van der Waals surface area (Å²) in [6.45, 7) is 0.733. The van der Waals surface area contributed by atoms with Crippen LogP contribution in [0.25, 0.3) is 0 Å². The molecule has 5 nitrogen and oxygen atoms in total. The van der Waals surface area contributed by atoms with Crippen molar-refractivity contribution in [2.75, 3.05) is 18.0 Å². The molecule has 1 aliphatic rings. The van der Waals surface area contributed by atoms with E-state index in [1.54, 1.807) is 4.90 Å². The van der Waals surface area contributed by atoms with Crippen molar-refractivity contribution >= 4 is 11.4 Å². The molecule has 0 saturated carbocycles. The van der Waals surface area contributed by atoms with Crippen molar-refractivity contribution in [1.82, 2.24) is 0 Å². The Bertz CT molecular complexity index is 534. The molecule has 0 bridgehead atoms. The van der Waals surface area contributed by atoms with Gasteiger partial charge in [0.2, 0.25) is 0 Å². The van der Waals surface area contributed by atoms with Crippen LogP contribution in [0.1, 0.15) is 24.8 Å². The highest BCUT2D eigenvalue weighted by Gasteiger charge is 2.38. The molecule has 1 heterocycles. The Labute approximate surface area is 119 Å². The SMILES string of the molecule is NCC1CCCCN1c1ccc([N+](=O)[O-])cc1C(F)(F)F. The number of rotatable bonds is 3. The number of nitrogens with two attached hydrogens (primary N) is 1. The first-order valence-corrected chi connectivity index (χ1v) is 6.67. The summed E-state index contributed by atoms with van der Waals surface area (Å²) in [7, 11) is 0. The minimum Gasteiger partial charge on any atom is -0.367 e. The number of hydrogen-bond acceptors (Lipinski definition) is 4. The maximum Gasteiger partial charge on any atom is 0.418 e. The van der Waals surface area contributed by atoms with E-state index in [1.807, 2.05) is 0 Å². The predicted octanol–water partition coefficient (Wildman–Crippen LogP) is 2.93. The highest BCUT2D eigenvalue weighted by Crippen LogP contribution is 2.40. The number of hydrogen-bond donors (Lipinski definition) is 1. The number of halogens is 3. The first kappa shape index (κ1) is 15.6. The van der Waals surface area contributed by atoms with Gasteiger partial charge in [-0.1, -0.05) is 0 Å². The number of non-ortho nitro benzene ring substituents is 1. The smallest absolute Gasteiger partial charge is 0.367 e. The highest BCUT2D eigenvalue weighted by atomic mass is 19.4. The Balaban J connectivity index is 2.49. The molecule has 1 aromatic rings. The van der Waals surface area contributed by atoms with Gasteiger partial charge in [0.15, 0.2) is 0 Å². The number of benzene rings is 1. The van der Waals surface area contributed by atoms with Crippen LogP contribution in [0.15, 0.2) is 18.2 Å². The Kier molecular flexibility index (Phi) is 4.36. The molecule has 1 aliphatic heterocycles. The van der Waals surface area contributed by atoms with Gasteiger partial charge in [-0.3, -0.25) is 10.1 Å². The van der Waals surface area contributed by atoms with Crippen LogP contribution in [-0.2, 0) is 6.18 Å². The summed E-state index contributed by atoms with van der Waals surface area (Å²) >= 11 is 0. The maximum atomic E-state index is 13.2. The monoisotopic (exact) mass is 303 g/mol. The molecule has 1 unspecified atom stereocenters. The van der Waals surface area contributed by atoms with Crippen molar-refractivity contribution in [2.24, 2.45) is 5.73 Å². The molecule has 0 radical (unpaired) electrons. The molecule has 1 saturated heterocycles. The average Bonchev–Trinajstić information content (AvgIpc) is 2.45. The van der Waals surface area contributed by atoms with E-state index in [0.717, 1.165) is 25.3 Å². The van der Waals surface area contributed by atoms with Gasteiger partial charge in [-0.25, -0.2) is 0 Å². The number of nitro benzene ring substituents is 1. The fourth-order valence-electron chi connectivity index (χ4n) is 2.68. The van der Waals surface area contributed by atoms with Gasteiger partial charge in [0.25, 0.3) is 5.69 Å². The molecule has 116 valence electrons. The van der Waals surface area contributed by atoms with Crippen molar-refractivity contribution in [1.29, 1.82) is 0 Å². The second kappa shape index (κ2) is 5.88. The Morgan fingerprint density at radius 3 is 2.67 bits per heavy atom. The Morgan fingerprint density at radius 2 is 2.10 bits per heavy atom. The summed E-state index contributed by atoms with van der Waals surface area (Å²) in [5.41, 5.74) is 4.07. The van der Waals surface area contributed by atoms with Gasteiger partial charge in [0.1, 0.15) is 0 Å². The number of nitrogens with zero attached hydrogens (tertiary/aromatic N) is 2. The fraction of sp³-hybridized carbons (Fsp3) is 0.538. The van der Waals surface area contributed by atoms with Crippen LogP contribution in [-0.4, -0.2) is 24.1 Å². The lowest BCUT2D eigenvalue weighted by atomic mass is 9.99. The topological polar surface area (TPSA) is 72.4 Å². The molecule has 8 heteroatoms. The van der Waals surface area contributed by atoms with E-state index < -0.39 is 22.4 Å². The number of nitro groups is 1. The first-order chi connectivity index (χ1) is 9.84. The fourth-order valence-corrected chi connectivity index (χ4v) is 2.68. The molecule has 2 rings (SSSR count). The van der Waals surface area contributed by atoms with Crippen LogP contribution >= 0.6 is 0 Å². The van der Waals surface area contributed by atoms with Crippen LogP contribution in [0.2, 0.25) is 0 Å².